The lowest BCUT2D eigenvalue weighted by Gasteiger charge is -2.01. The number of rotatable bonds is 1. The van der Waals surface area contributed by atoms with Gasteiger partial charge in [0.1, 0.15) is 0 Å². The Morgan fingerprint density at radius 2 is 2.56 bits per heavy atom. The van der Waals surface area contributed by atoms with Crippen LogP contribution in [0.5, 0.6) is 0 Å². The topological polar surface area (TPSA) is 56.0 Å². The third-order valence-corrected chi connectivity index (χ3v) is 1.62. The van der Waals surface area contributed by atoms with Gasteiger partial charge < -0.3 is 10.4 Å². The molecule has 2 N–H and O–H groups in total. The zero-order valence-corrected chi connectivity index (χ0v) is 5.17. The molecule has 1 fully saturated rings. The minimum absolute atomic E-state index is 0.113. The van der Waals surface area contributed by atoms with Gasteiger partial charge in [-0.3, -0.25) is 0 Å². The molecule has 3 nitrogen and oxygen atoms in total. The third-order valence-electron chi connectivity index (χ3n) is 1.62. The van der Waals surface area contributed by atoms with Crippen molar-refractivity contribution in [2.24, 2.45) is 5.92 Å². The van der Waals surface area contributed by atoms with Gasteiger partial charge in [0.05, 0.1) is 18.6 Å². The van der Waals surface area contributed by atoms with Crippen LogP contribution in [0.25, 0.3) is 0 Å². The molecule has 0 aromatic rings. The van der Waals surface area contributed by atoms with Crippen LogP contribution < -0.4 is 5.32 Å². The van der Waals surface area contributed by atoms with Gasteiger partial charge in [0.15, 0.2) is 0 Å². The quantitative estimate of drug-likeness (QED) is 0.497. The summed E-state index contributed by atoms with van der Waals surface area (Å²) in [6.45, 7) is 0.889. The molecule has 0 aliphatic carbocycles. The summed E-state index contributed by atoms with van der Waals surface area (Å²) < 4.78 is 0. The van der Waals surface area contributed by atoms with Gasteiger partial charge in [-0.05, 0) is 6.42 Å². The maximum atomic E-state index is 8.61. The van der Waals surface area contributed by atoms with Gasteiger partial charge in [-0.15, -0.1) is 0 Å². The molecule has 3 heteroatoms. The highest BCUT2D eigenvalue weighted by Gasteiger charge is 2.22. The van der Waals surface area contributed by atoms with Crippen molar-refractivity contribution < 1.29 is 5.11 Å². The molecule has 2 atom stereocenters. The van der Waals surface area contributed by atoms with Crippen LogP contribution in [0.15, 0.2) is 0 Å². The monoisotopic (exact) mass is 126 g/mol. The maximum Gasteiger partial charge on any atom is 0.0669 e. The zero-order chi connectivity index (χ0) is 6.69. The average molecular weight is 126 g/mol. The molecule has 1 aliphatic rings. The second-order valence-corrected chi connectivity index (χ2v) is 2.35. The summed E-state index contributed by atoms with van der Waals surface area (Å²) in [5.41, 5.74) is 0. The largest absolute Gasteiger partial charge is 0.395 e. The van der Waals surface area contributed by atoms with Gasteiger partial charge in [-0.1, -0.05) is 0 Å². The van der Waals surface area contributed by atoms with Gasteiger partial charge in [-0.25, -0.2) is 0 Å². The van der Waals surface area contributed by atoms with E-state index < -0.39 is 0 Å². The fourth-order valence-electron chi connectivity index (χ4n) is 1.06. The Labute approximate surface area is 54.3 Å². The fraction of sp³-hybridized carbons (Fsp3) is 0.833. The van der Waals surface area contributed by atoms with E-state index >= 15 is 0 Å². The van der Waals surface area contributed by atoms with E-state index in [4.69, 9.17) is 10.4 Å². The lowest BCUT2D eigenvalue weighted by atomic mass is 10.1. The Kier molecular flexibility index (Phi) is 2.04. The molecule has 0 spiro atoms. The lowest BCUT2D eigenvalue weighted by Crippen LogP contribution is -2.24. The van der Waals surface area contributed by atoms with E-state index in [2.05, 4.69) is 11.4 Å². The van der Waals surface area contributed by atoms with Gasteiger partial charge in [0.2, 0.25) is 0 Å². The molecule has 1 heterocycles. The van der Waals surface area contributed by atoms with Crippen LogP contribution in [-0.2, 0) is 0 Å². The summed E-state index contributed by atoms with van der Waals surface area (Å²) in [7, 11) is 0. The summed E-state index contributed by atoms with van der Waals surface area (Å²) in [6.07, 6.45) is 0.799. The Hall–Kier alpha value is -0.590. The van der Waals surface area contributed by atoms with Crippen LogP contribution >= 0.6 is 0 Å². The van der Waals surface area contributed by atoms with E-state index in [0.29, 0.717) is 0 Å². The van der Waals surface area contributed by atoms with E-state index in [1.807, 2.05) is 0 Å². The zero-order valence-electron chi connectivity index (χ0n) is 5.17. The first kappa shape index (κ1) is 6.53. The molecule has 0 aromatic carbocycles. The number of aliphatic hydroxyl groups excluding tert-OH is 1. The highest BCUT2D eigenvalue weighted by atomic mass is 16.3. The van der Waals surface area contributed by atoms with E-state index in [1.54, 1.807) is 0 Å². The van der Waals surface area contributed by atoms with Crippen molar-refractivity contribution in [1.82, 2.24) is 5.32 Å². The molecular formula is C6H10N2O. The summed E-state index contributed by atoms with van der Waals surface area (Å²) >= 11 is 0. The van der Waals surface area contributed by atoms with Crippen LogP contribution in [0, 0.1) is 17.2 Å². The highest BCUT2D eigenvalue weighted by Crippen LogP contribution is 2.11. The van der Waals surface area contributed by atoms with Gasteiger partial charge >= 0.3 is 0 Å². The van der Waals surface area contributed by atoms with Crippen LogP contribution in [-0.4, -0.2) is 24.3 Å². The summed E-state index contributed by atoms with van der Waals surface area (Å²) in [5.74, 6) is 0.113. The molecule has 0 bridgehead atoms. The first-order valence-electron chi connectivity index (χ1n) is 3.10. The van der Waals surface area contributed by atoms with Crippen molar-refractivity contribution in [2.45, 2.75) is 12.5 Å². The van der Waals surface area contributed by atoms with Gasteiger partial charge in [0, 0.05) is 12.6 Å². The molecule has 1 unspecified atom stereocenters. The molecule has 0 saturated carbocycles. The first-order valence-corrected chi connectivity index (χ1v) is 3.10. The number of hydrogen-bond donors (Lipinski definition) is 2. The molecule has 0 radical (unpaired) electrons. The number of nitrogens with one attached hydrogen (secondary N) is 1. The van der Waals surface area contributed by atoms with E-state index in [9.17, 15) is 0 Å². The number of nitrogens with zero attached hydrogens (tertiary/aromatic N) is 1. The fourth-order valence-corrected chi connectivity index (χ4v) is 1.06. The van der Waals surface area contributed by atoms with E-state index in [0.717, 1.165) is 13.0 Å². The van der Waals surface area contributed by atoms with E-state index in [1.165, 1.54) is 0 Å². The minimum Gasteiger partial charge on any atom is -0.395 e. The van der Waals surface area contributed by atoms with Crippen molar-refractivity contribution in [3.8, 4) is 6.07 Å². The molecule has 1 aliphatic heterocycles. The van der Waals surface area contributed by atoms with Crippen molar-refractivity contribution in [3.63, 3.8) is 0 Å². The summed E-state index contributed by atoms with van der Waals surface area (Å²) in [4.78, 5) is 0. The standard InChI is InChI=1S/C6H10N2O/c7-2-5-1-6(4-9)8-3-5/h5-6,8-9H,1,3-4H2/t5?,6-/m0/s1. The maximum absolute atomic E-state index is 8.61. The van der Waals surface area contributed by atoms with Crippen LogP contribution in [0.4, 0.5) is 0 Å². The predicted octanol–water partition coefficient (Wildman–Crippen LogP) is -0.520. The Morgan fingerprint density at radius 3 is 2.89 bits per heavy atom. The summed E-state index contributed by atoms with van der Waals surface area (Å²) in [6, 6.07) is 2.32. The van der Waals surface area contributed by atoms with Gasteiger partial charge in [-0.2, -0.15) is 5.26 Å². The van der Waals surface area contributed by atoms with Crippen LogP contribution in [0.2, 0.25) is 0 Å². The van der Waals surface area contributed by atoms with Crippen molar-refractivity contribution >= 4 is 0 Å². The van der Waals surface area contributed by atoms with Crippen molar-refractivity contribution in [2.75, 3.05) is 13.2 Å². The van der Waals surface area contributed by atoms with E-state index in [-0.39, 0.29) is 18.6 Å². The normalized spacial score (nSPS) is 34.2. The van der Waals surface area contributed by atoms with Crippen LogP contribution in [0.1, 0.15) is 6.42 Å². The molecule has 50 valence electrons. The number of nitriles is 1. The Morgan fingerprint density at radius 1 is 1.78 bits per heavy atom. The predicted molar refractivity (Wildman–Crippen MR) is 32.6 cm³/mol. The smallest absolute Gasteiger partial charge is 0.0669 e. The summed E-state index contributed by atoms with van der Waals surface area (Å²) in [5, 5.41) is 20.0. The molecule has 1 rings (SSSR count). The molecule has 9 heavy (non-hydrogen) atoms. The Bertz CT molecular complexity index is 130. The second kappa shape index (κ2) is 2.81. The first-order chi connectivity index (χ1) is 4.36. The SMILES string of the molecule is N#CC1CN[C@H](CO)C1. The molecule has 0 aromatic heterocycles. The highest BCUT2D eigenvalue weighted by molar-refractivity contribution is 4.93. The molecule has 0 amide bonds. The molecular weight excluding hydrogens is 116 g/mol. The van der Waals surface area contributed by atoms with Crippen molar-refractivity contribution in [3.05, 3.63) is 0 Å². The number of aliphatic hydroxyl groups is 1. The van der Waals surface area contributed by atoms with Crippen LogP contribution in [0.3, 0.4) is 0 Å². The minimum atomic E-state index is 0.113. The Balaban J connectivity index is 2.31. The number of hydrogen-bond acceptors (Lipinski definition) is 3. The average Bonchev–Trinajstić information content (AvgIpc) is 2.34. The van der Waals surface area contributed by atoms with Crippen molar-refractivity contribution in [1.29, 1.82) is 5.26 Å². The second-order valence-electron chi connectivity index (χ2n) is 2.35. The van der Waals surface area contributed by atoms with Gasteiger partial charge in [0.25, 0.3) is 0 Å². The third kappa shape index (κ3) is 1.41. The molecule has 1 saturated heterocycles. The lowest BCUT2D eigenvalue weighted by molar-refractivity contribution is 0.254.